The first-order valence-electron chi connectivity index (χ1n) is 7.79. The summed E-state index contributed by atoms with van der Waals surface area (Å²) >= 11 is 0. The zero-order chi connectivity index (χ0) is 15.6. The highest BCUT2D eigenvalue weighted by atomic mass is 16.1. The van der Waals surface area contributed by atoms with Crippen molar-refractivity contribution >= 4 is 17.4 Å². The van der Waals surface area contributed by atoms with Crippen molar-refractivity contribution in [3.8, 4) is 0 Å². The first-order chi connectivity index (χ1) is 10.8. The Bertz CT molecular complexity index is 636. The third-order valence-electron chi connectivity index (χ3n) is 3.60. The van der Waals surface area contributed by atoms with E-state index in [1.54, 1.807) is 0 Å². The SMILES string of the molecule is CCC(=O)CC/C(=C\C=C\c1ccccc1)c1ccccc1. The topological polar surface area (TPSA) is 17.1 Å². The summed E-state index contributed by atoms with van der Waals surface area (Å²) in [6.07, 6.45) is 8.28. The Labute approximate surface area is 133 Å². The molecule has 2 aromatic rings. The van der Waals surface area contributed by atoms with E-state index in [0.29, 0.717) is 18.6 Å². The zero-order valence-corrected chi connectivity index (χ0v) is 13.0. The predicted molar refractivity (Wildman–Crippen MR) is 94.4 cm³/mol. The third kappa shape index (κ3) is 5.17. The van der Waals surface area contributed by atoms with Gasteiger partial charge in [0.1, 0.15) is 5.78 Å². The minimum absolute atomic E-state index is 0.314. The molecular formula is C21H22O. The van der Waals surface area contributed by atoms with Crippen LogP contribution in [0.3, 0.4) is 0 Å². The molecule has 0 fully saturated rings. The summed E-state index contributed by atoms with van der Waals surface area (Å²) in [5.74, 6) is 0.314. The van der Waals surface area contributed by atoms with Gasteiger partial charge in [-0.1, -0.05) is 85.8 Å². The Balaban J connectivity index is 2.14. The highest BCUT2D eigenvalue weighted by Crippen LogP contribution is 2.20. The van der Waals surface area contributed by atoms with Crippen molar-refractivity contribution in [2.24, 2.45) is 0 Å². The van der Waals surface area contributed by atoms with E-state index < -0.39 is 0 Å². The number of ketones is 1. The molecule has 0 atom stereocenters. The van der Waals surface area contributed by atoms with Gasteiger partial charge in [-0.3, -0.25) is 4.79 Å². The number of hydrogen-bond acceptors (Lipinski definition) is 1. The summed E-state index contributed by atoms with van der Waals surface area (Å²) < 4.78 is 0. The van der Waals surface area contributed by atoms with Crippen molar-refractivity contribution in [3.05, 3.63) is 83.9 Å². The van der Waals surface area contributed by atoms with Crippen LogP contribution in [0.4, 0.5) is 0 Å². The second-order valence-electron chi connectivity index (χ2n) is 5.22. The minimum Gasteiger partial charge on any atom is -0.300 e. The molecule has 0 heterocycles. The number of hydrogen-bond donors (Lipinski definition) is 0. The normalized spacial score (nSPS) is 11.8. The zero-order valence-electron chi connectivity index (χ0n) is 13.0. The summed E-state index contributed by atoms with van der Waals surface area (Å²) in [6, 6.07) is 20.5. The summed E-state index contributed by atoms with van der Waals surface area (Å²) in [4.78, 5) is 11.6. The average molecular weight is 290 g/mol. The van der Waals surface area contributed by atoms with E-state index in [2.05, 4.69) is 42.5 Å². The highest BCUT2D eigenvalue weighted by molar-refractivity contribution is 5.81. The molecule has 2 rings (SSSR count). The van der Waals surface area contributed by atoms with Crippen LogP contribution in [-0.4, -0.2) is 5.78 Å². The molecule has 0 amide bonds. The molecule has 0 N–H and O–H groups in total. The lowest BCUT2D eigenvalue weighted by molar-refractivity contribution is -0.118. The maximum atomic E-state index is 11.6. The van der Waals surface area contributed by atoms with E-state index in [4.69, 9.17) is 0 Å². The Kier molecular flexibility index (Phi) is 6.38. The van der Waals surface area contributed by atoms with Crippen LogP contribution in [0.25, 0.3) is 11.6 Å². The molecule has 0 radical (unpaired) electrons. The first kappa shape index (κ1) is 16.0. The molecule has 0 aliphatic carbocycles. The summed E-state index contributed by atoms with van der Waals surface area (Å²) in [7, 11) is 0. The molecule has 0 bridgehead atoms. The molecular weight excluding hydrogens is 268 g/mol. The van der Waals surface area contributed by atoms with Crippen LogP contribution < -0.4 is 0 Å². The molecule has 0 unspecified atom stereocenters. The van der Waals surface area contributed by atoms with Crippen LogP contribution in [0.2, 0.25) is 0 Å². The van der Waals surface area contributed by atoms with Gasteiger partial charge in [0.2, 0.25) is 0 Å². The fourth-order valence-corrected chi connectivity index (χ4v) is 2.27. The van der Waals surface area contributed by atoms with Crippen LogP contribution in [0.1, 0.15) is 37.3 Å². The van der Waals surface area contributed by atoms with Gasteiger partial charge in [0, 0.05) is 12.8 Å². The predicted octanol–water partition coefficient (Wildman–Crippen LogP) is 5.54. The number of Topliss-reactive ketones (excluding diaryl/α,β-unsaturated/α-hetero) is 1. The average Bonchev–Trinajstić information content (AvgIpc) is 2.59. The maximum Gasteiger partial charge on any atom is 0.132 e. The van der Waals surface area contributed by atoms with Crippen LogP contribution >= 0.6 is 0 Å². The molecule has 22 heavy (non-hydrogen) atoms. The minimum atomic E-state index is 0.314. The summed E-state index contributed by atoms with van der Waals surface area (Å²) in [5, 5.41) is 0. The quantitative estimate of drug-likeness (QED) is 0.612. The van der Waals surface area contributed by atoms with Gasteiger partial charge >= 0.3 is 0 Å². The highest BCUT2D eigenvalue weighted by Gasteiger charge is 2.04. The largest absolute Gasteiger partial charge is 0.300 e. The number of carbonyl (C=O) groups excluding carboxylic acids is 1. The van der Waals surface area contributed by atoms with Crippen LogP contribution in [0, 0.1) is 0 Å². The molecule has 0 spiro atoms. The Morgan fingerprint density at radius 1 is 0.909 bits per heavy atom. The lowest BCUT2D eigenvalue weighted by Crippen LogP contribution is -1.96. The van der Waals surface area contributed by atoms with Crippen molar-refractivity contribution in [3.63, 3.8) is 0 Å². The summed E-state index contributed by atoms with van der Waals surface area (Å²) in [6.45, 7) is 1.92. The van der Waals surface area contributed by atoms with Gasteiger partial charge in [-0.05, 0) is 23.1 Å². The molecule has 0 saturated carbocycles. The number of allylic oxidation sites excluding steroid dienone is 3. The van der Waals surface area contributed by atoms with Crippen molar-refractivity contribution in [2.45, 2.75) is 26.2 Å². The van der Waals surface area contributed by atoms with Gasteiger partial charge in [-0.2, -0.15) is 0 Å². The number of rotatable bonds is 7. The van der Waals surface area contributed by atoms with Crippen molar-refractivity contribution in [1.29, 1.82) is 0 Å². The van der Waals surface area contributed by atoms with E-state index in [1.165, 1.54) is 16.7 Å². The molecule has 0 aliphatic rings. The van der Waals surface area contributed by atoms with Gasteiger partial charge in [0.15, 0.2) is 0 Å². The van der Waals surface area contributed by atoms with Crippen LogP contribution in [-0.2, 0) is 4.79 Å². The van der Waals surface area contributed by atoms with E-state index in [1.807, 2.05) is 43.3 Å². The second-order valence-corrected chi connectivity index (χ2v) is 5.22. The van der Waals surface area contributed by atoms with Crippen molar-refractivity contribution in [1.82, 2.24) is 0 Å². The Morgan fingerprint density at radius 3 is 2.18 bits per heavy atom. The van der Waals surface area contributed by atoms with Crippen LogP contribution in [0.5, 0.6) is 0 Å². The fourth-order valence-electron chi connectivity index (χ4n) is 2.27. The lowest BCUT2D eigenvalue weighted by Gasteiger charge is -2.06. The third-order valence-corrected chi connectivity index (χ3v) is 3.60. The van der Waals surface area contributed by atoms with Crippen LogP contribution in [0.15, 0.2) is 72.8 Å². The Hall–Kier alpha value is -2.41. The molecule has 0 saturated heterocycles. The maximum absolute atomic E-state index is 11.6. The smallest absolute Gasteiger partial charge is 0.132 e. The van der Waals surface area contributed by atoms with E-state index in [9.17, 15) is 4.79 Å². The van der Waals surface area contributed by atoms with E-state index >= 15 is 0 Å². The van der Waals surface area contributed by atoms with Gasteiger partial charge in [-0.25, -0.2) is 0 Å². The van der Waals surface area contributed by atoms with Crippen molar-refractivity contribution in [2.75, 3.05) is 0 Å². The molecule has 112 valence electrons. The van der Waals surface area contributed by atoms with Gasteiger partial charge in [-0.15, -0.1) is 0 Å². The first-order valence-corrected chi connectivity index (χ1v) is 7.79. The molecule has 1 nitrogen and oxygen atoms in total. The van der Waals surface area contributed by atoms with Gasteiger partial charge in [0.05, 0.1) is 0 Å². The molecule has 1 heteroatoms. The van der Waals surface area contributed by atoms with Gasteiger partial charge < -0.3 is 0 Å². The van der Waals surface area contributed by atoms with E-state index in [0.717, 1.165) is 6.42 Å². The molecule has 2 aromatic carbocycles. The number of carbonyl (C=O) groups is 1. The second kappa shape index (κ2) is 8.78. The van der Waals surface area contributed by atoms with E-state index in [-0.39, 0.29) is 0 Å². The lowest BCUT2D eigenvalue weighted by atomic mass is 9.98. The molecule has 0 aliphatic heterocycles. The van der Waals surface area contributed by atoms with Crippen molar-refractivity contribution < 1.29 is 4.79 Å². The molecule has 0 aromatic heterocycles. The summed E-state index contributed by atoms with van der Waals surface area (Å²) in [5.41, 5.74) is 3.56. The fraction of sp³-hybridized carbons (Fsp3) is 0.190. The monoisotopic (exact) mass is 290 g/mol. The standard InChI is InChI=1S/C21H22O/c1-2-21(22)17-16-20(19-13-7-4-8-14-19)15-9-12-18-10-5-3-6-11-18/h3-15H,2,16-17H2,1H3/b12-9+,20-15+. The van der Waals surface area contributed by atoms with Gasteiger partial charge in [0.25, 0.3) is 0 Å². The number of benzene rings is 2. The Morgan fingerprint density at radius 2 is 1.55 bits per heavy atom.